The number of carboxylic acids is 1. The van der Waals surface area contributed by atoms with E-state index in [1.54, 1.807) is 12.3 Å². The number of benzene rings is 1. The lowest BCUT2D eigenvalue weighted by Crippen LogP contribution is -2.37. The molecule has 1 aromatic carbocycles. The van der Waals surface area contributed by atoms with Gasteiger partial charge in [-0.3, -0.25) is 9.79 Å². The summed E-state index contributed by atoms with van der Waals surface area (Å²) in [7, 11) is 1.33. The lowest BCUT2D eigenvalue weighted by molar-refractivity contribution is -0.137. The number of carbonyl (C=O) groups is 2. The van der Waals surface area contributed by atoms with E-state index in [2.05, 4.69) is 31.2 Å². The smallest absolute Gasteiger partial charge is 0.338 e. The second kappa shape index (κ2) is 11.2. The van der Waals surface area contributed by atoms with Crippen molar-refractivity contribution in [3.63, 3.8) is 0 Å². The number of oxazole rings is 1. The van der Waals surface area contributed by atoms with Gasteiger partial charge in [0.1, 0.15) is 18.1 Å². The van der Waals surface area contributed by atoms with Crippen molar-refractivity contribution in [1.29, 1.82) is 0 Å². The number of hydrogen-bond donors (Lipinski definition) is 2. The zero-order chi connectivity index (χ0) is 26.8. The van der Waals surface area contributed by atoms with Gasteiger partial charge in [0.2, 0.25) is 0 Å². The van der Waals surface area contributed by atoms with Crippen LogP contribution in [0, 0.1) is 11.7 Å². The molecule has 2 aromatic heterocycles. The van der Waals surface area contributed by atoms with E-state index in [9.17, 15) is 14.0 Å². The Labute approximate surface area is 230 Å². The number of nitrogens with zero attached hydrogens (tertiary/aromatic N) is 3. The van der Waals surface area contributed by atoms with Crippen LogP contribution in [0.4, 0.5) is 4.39 Å². The molecule has 0 radical (unpaired) electrons. The van der Waals surface area contributed by atoms with E-state index < -0.39 is 23.8 Å². The van der Waals surface area contributed by atoms with E-state index in [-0.39, 0.29) is 18.3 Å². The van der Waals surface area contributed by atoms with Crippen molar-refractivity contribution in [3.8, 4) is 0 Å². The first-order valence-electron chi connectivity index (χ1n) is 12.0. The van der Waals surface area contributed by atoms with Crippen molar-refractivity contribution >= 4 is 45.0 Å². The molecule has 0 bridgehead atoms. The predicted molar refractivity (Wildman–Crippen MR) is 140 cm³/mol. The average Bonchev–Trinajstić information content (AvgIpc) is 3.60. The molecule has 3 heterocycles. The van der Waals surface area contributed by atoms with Crippen LogP contribution >= 0.6 is 27.3 Å². The first-order valence-corrected chi connectivity index (χ1v) is 13.7. The van der Waals surface area contributed by atoms with Crippen LogP contribution in [0.2, 0.25) is 0 Å². The number of amidine groups is 1. The van der Waals surface area contributed by atoms with Gasteiger partial charge in [-0.1, -0.05) is 22.0 Å². The van der Waals surface area contributed by atoms with Gasteiger partial charge in [-0.25, -0.2) is 19.2 Å². The lowest BCUT2D eigenvalue weighted by Gasteiger charge is -2.34. The third kappa shape index (κ3) is 5.41. The SMILES string of the molecule is COC(=O)C1=C([C@H]2CC[C@H](c3nc(CC(=O)O)co3)CC2)NC(c2nccs2)=NC1c1ccc(F)cc1Br. The number of nitrogens with one attached hydrogen (secondary N) is 1. The summed E-state index contributed by atoms with van der Waals surface area (Å²) in [6.45, 7) is 0. The highest BCUT2D eigenvalue weighted by Gasteiger charge is 2.38. The molecule has 1 unspecified atom stereocenters. The molecule has 3 aromatic rings. The fourth-order valence-electron chi connectivity index (χ4n) is 4.99. The number of aliphatic imine (C=N–C) groups is 1. The highest BCUT2D eigenvalue weighted by molar-refractivity contribution is 9.10. The molecule has 198 valence electrons. The van der Waals surface area contributed by atoms with Crippen LogP contribution in [-0.2, 0) is 20.7 Å². The van der Waals surface area contributed by atoms with Crippen molar-refractivity contribution in [2.75, 3.05) is 7.11 Å². The first-order chi connectivity index (χ1) is 18.3. The fourth-order valence-corrected chi connectivity index (χ4v) is 6.15. The fraction of sp³-hybridized carbons (Fsp3) is 0.346. The molecule has 1 aliphatic heterocycles. The number of allylic oxidation sites excluding steroid dienone is 1. The van der Waals surface area contributed by atoms with Crippen molar-refractivity contribution in [1.82, 2.24) is 15.3 Å². The molecule has 1 aliphatic carbocycles. The Morgan fingerprint density at radius 2 is 2.03 bits per heavy atom. The minimum atomic E-state index is -0.959. The lowest BCUT2D eigenvalue weighted by atomic mass is 9.78. The van der Waals surface area contributed by atoms with Crippen LogP contribution in [-0.4, -0.2) is 40.0 Å². The minimum absolute atomic E-state index is 0.0130. The number of carboxylic acid groups (broad SMARTS) is 1. The van der Waals surface area contributed by atoms with E-state index in [1.807, 2.05) is 5.38 Å². The molecular formula is C26H24BrFN4O5S. The number of hydrogen-bond acceptors (Lipinski definition) is 9. The number of carbonyl (C=O) groups excluding carboxylic acids is 1. The Hall–Kier alpha value is -3.38. The van der Waals surface area contributed by atoms with E-state index in [4.69, 9.17) is 19.3 Å². The molecular weight excluding hydrogens is 579 g/mol. The Kier molecular flexibility index (Phi) is 7.70. The molecule has 1 fully saturated rings. The summed E-state index contributed by atoms with van der Waals surface area (Å²) in [5.41, 5.74) is 2.13. The molecule has 12 heteroatoms. The van der Waals surface area contributed by atoms with Gasteiger partial charge in [0.15, 0.2) is 16.7 Å². The molecule has 38 heavy (non-hydrogen) atoms. The van der Waals surface area contributed by atoms with Crippen molar-refractivity contribution in [2.24, 2.45) is 10.9 Å². The van der Waals surface area contributed by atoms with E-state index in [0.717, 1.165) is 31.4 Å². The largest absolute Gasteiger partial charge is 0.481 e. The van der Waals surface area contributed by atoms with Gasteiger partial charge in [-0.05, 0) is 49.3 Å². The quantitative estimate of drug-likeness (QED) is 0.355. The summed E-state index contributed by atoms with van der Waals surface area (Å²) in [5, 5.41) is 14.9. The topological polar surface area (TPSA) is 127 Å². The predicted octanol–water partition coefficient (Wildman–Crippen LogP) is 5.15. The van der Waals surface area contributed by atoms with Gasteiger partial charge < -0.3 is 19.6 Å². The highest BCUT2D eigenvalue weighted by Crippen LogP contribution is 2.43. The molecule has 2 aliphatic rings. The van der Waals surface area contributed by atoms with Gasteiger partial charge in [0.25, 0.3) is 0 Å². The maximum Gasteiger partial charge on any atom is 0.338 e. The van der Waals surface area contributed by atoms with Gasteiger partial charge in [0, 0.05) is 27.7 Å². The molecule has 1 saturated carbocycles. The summed E-state index contributed by atoms with van der Waals surface area (Å²) in [4.78, 5) is 37.8. The second-order valence-electron chi connectivity index (χ2n) is 9.12. The number of rotatable bonds is 7. The third-order valence-corrected chi connectivity index (χ3v) is 8.23. The molecule has 0 saturated heterocycles. The van der Waals surface area contributed by atoms with Gasteiger partial charge in [-0.15, -0.1) is 11.3 Å². The normalized spacial score (nSPS) is 21.6. The van der Waals surface area contributed by atoms with Crippen LogP contribution in [0.25, 0.3) is 0 Å². The second-order valence-corrected chi connectivity index (χ2v) is 10.9. The zero-order valence-corrected chi connectivity index (χ0v) is 22.7. The van der Waals surface area contributed by atoms with Crippen LogP contribution in [0.3, 0.4) is 0 Å². The maximum atomic E-state index is 13.9. The Morgan fingerprint density at radius 3 is 2.68 bits per heavy atom. The van der Waals surface area contributed by atoms with Crippen molar-refractivity contribution < 1.29 is 28.2 Å². The number of aromatic nitrogens is 2. The number of thiazole rings is 1. The Morgan fingerprint density at radius 1 is 1.26 bits per heavy atom. The van der Waals surface area contributed by atoms with Crippen LogP contribution in [0.15, 0.2) is 61.2 Å². The van der Waals surface area contributed by atoms with E-state index >= 15 is 0 Å². The summed E-state index contributed by atoms with van der Waals surface area (Å²) < 4.78 is 25.2. The molecule has 5 rings (SSSR count). The first kappa shape index (κ1) is 26.2. The zero-order valence-electron chi connectivity index (χ0n) is 20.3. The summed E-state index contributed by atoms with van der Waals surface area (Å²) in [6, 6.07) is 3.59. The molecule has 1 atom stereocenters. The van der Waals surface area contributed by atoms with E-state index in [0.29, 0.717) is 38.0 Å². The van der Waals surface area contributed by atoms with Gasteiger partial charge in [-0.2, -0.15) is 0 Å². The number of halogens is 2. The van der Waals surface area contributed by atoms with Crippen LogP contribution in [0.5, 0.6) is 0 Å². The Bertz CT molecular complexity index is 1410. The number of ether oxygens (including phenoxy) is 1. The van der Waals surface area contributed by atoms with E-state index in [1.165, 1.54) is 36.8 Å². The van der Waals surface area contributed by atoms with Crippen LogP contribution in [0.1, 0.15) is 59.8 Å². The minimum Gasteiger partial charge on any atom is -0.481 e. The molecule has 0 amide bonds. The monoisotopic (exact) mass is 602 g/mol. The maximum absolute atomic E-state index is 13.9. The molecule has 2 N–H and O–H groups in total. The summed E-state index contributed by atoms with van der Waals surface area (Å²) in [6.07, 6.45) is 5.85. The third-order valence-electron chi connectivity index (χ3n) is 6.76. The summed E-state index contributed by atoms with van der Waals surface area (Å²) >= 11 is 4.87. The number of methoxy groups -OCH3 is 1. The summed E-state index contributed by atoms with van der Waals surface area (Å²) in [5.74, 6) is -0.759. The van der Waals surface area contributed by atoms with Crippen molar-refractivity contribution in [2.45, 2.75) is 44.1 Å². The standard InChI is InChI=1S/C26H24BrFN4O5S/c1-36-26(35)20-21(13-2-4-14(5-3-13)24-30-16(12-37-24)11-19(33)34)31-23(25-29-8-9-38-25)32-22(20)17-7-6-15(28)10-18(17)27/h6-10,12-14,22H,2-5,11H2,1H3,(H,31,32)(H,33,34)/t13-,14-,22?. The van der Waals surface area contributed by atoms with Crippen molar-refractivity contribution in [3.05, 3.63) is 79.8 Å². The number of aliphatic carboxylic acids is 1. The molecule has 9 nitrogen and oxygen atoms in total. The van der Waals surface area contributed by atoms with Crippen LogP contribution < -0.4 is 5.32 Å². The highest BCUT2D eigenvalue weighted by atomic mass is 79.9. The average molecular weight is 603 g/mol. The van der Waals surface area contributed by atoms with Gasteiger partial charge >= 0.3 is 11.9 Å². The van der Waals surface area contributed by atoms with Gasteiger partial charge in [0.05, 0.1) is 24.8 Å². The molecule has 0 spiro atoms. The number of esters is 1. The Balaban J connectivity index is 1.48.